The molecule has 3 aromatic heterocycles. The highest BCUT2D eigenvalue weighted by Gasteiger charge is 2.25. The quantitative estimate of drug-likeness (QED) is 0.413. The molecule has 1 fully saturated rings. The normalized spacial score (nSPS) is 15.7. The third-order valence-corrected chi connectivity index (χ3v) is 6.34. The Morgan fingerprint density at radius 2 is 1.77 bits per heavy atom. The van der Waals surface area contributed by atoms with Gasteiger partial charge in [-0.1, -0.05) is 48.5 Å². The van der Waals surface area contributed by atoms with Gasteiger partial charge in [-0.3, -0.25) is 14.3 Å². The van der Waals surface area contributed by atoms with Crippen LogP contribution in [0.1, 0.15) is 18.4 Å². The molecule has 4 heterocycles. The largest absolute Gasteiger partial charge is 0.376 e. The molecule has 1 N–H and O–H groups in total. The lowest BCUT2D eigenvalue weighted by Crippen LogP contribution is -2.32. The Morgan fingerprint density at radius 1 is 1.00 bits per heavy atom. The lowest BCUT2D eigenvalue weighted by molar-refractivity contribution is 0.0982. The van der Waals surface area contributed by atoms with Crippen LogP contribution >= 0.6 is 0 Å². The molecule has 6 rings (SSSR count). The number of nitrogens with one attached hydrogen (secondary N) is 1. The average molecular weight is 469 g/mol. The van der Waals surface area contributed by atoms with Gasteiger partial charge in [0, 0.05) is 12.8 Å². The Labute approximate surface area is 200 Å². The Morgan fingerprint density at radius 3 is 2.51 bits per heavy atom. The van der Waals surface area contributed by atoms with Gasteiger partial charge in [0.2, 0.25) is 0 Å². The number of para-hydroxylation sites is 1. The van der Waals surface area contributed by atoms with Crippen molar-refractivity contribution in [1.29, 1.82) is 0 Å². The van der Waals surface area contributed by atoms with E-state index < -0.39 is 11.2 Å². The summed E-state index contributed by atoms with van der Waals surface area (Å²) in [4.78, 5) is 33.3. The number of hydrogen-bond acceptors (Lipinski definition) is 5. The minimum absolute atomic E-state index is 0.0239. The van der Waals surface area contributed by atoms with Gasteiger partial charge in [0.15, 0.2) is 11.2 Å². The summed E-state index contributed by atoms with van der Waals surface area (Å²) in [5.74, 6) is 0.579. The van der Waals surface area contributed by atoms with Crippen LogP contribution < -0.4 is 11.2 Å². The molecule has 0 saturated carbocycles. The van der Waals surface area contributed by atoms with Crippen LogP contribution in [-0.4, -0.2) is 41.6 Å². The van der Waals surface area contributed by atoms with Crippen molar-refractivity contribution in [2.24, 2.45) is 0 Å². The van der Waals surface area contributed by atoms with E-state index in [0.29, 0.717) is 36.7 Å². The Hall–Kier alpha value is -4.24. The summed E-state index contributed by atoms with van der Waals surface area (Å²) in [6.07, 6.45) is 5.48. The first-order valence-corrected chi connectivity index (χ1v) is 11.7. The maximum Gasteiger partial charge on any atom is 0.330 e. The summed E-state index contributed by atoms with van der Waals surface area (Å²) in [5, 5.41) is 4.51. The van der Waals surface area contributed by atoms with Gasteiger partial charge in [0.05, 0.1) is 36.6 Å². The van der Waals surface area contributed by atoms with Gasteiger partial charge >= 0.3 is 5.69 Å². The third kappa shape index (κ3) is 4.00. The van der Waals surface area contributed by atoms with Crippen molar-refractivity contribution in [1.82, 2.24) is 28.9 Å². The SMILES string of the molecule is O=c1[nH]c(=O)n(Cc2ccccc2)c2nc(-c3cnn(-c4ccccc4)c3)n(CC3CCCO3)c12. The van der Waals surface area contributed by atoms with E-state index in [1.807, 2.05) is 71.4 Å². The lowest BCUT2D eigenvalue weighted by atomic mass is 10.2. The number of fused-ring (bicyclic) bond motifs is 1. The van der Waals surface area contributed by atoms with E-state index in [-0.39, 0.29) is 6.10 Å². The molecule has 9 nitrogen and oxygen atoms in total. The highest BCUT2D eigenvalue weighted by molar-refractivity contribution is 5.77. The second-order valence-electron chi connectivity index (χ2n) is 8.69. The monoisotopic (exact) mass is 468 g/mol. The van der Waals surface area contributed by atoms with Gasteiger partial charge < -0.3 is 9.30 Å². The molecule has 1 saturated heterocycles. The standard InChI is InChI=1S/C26H24N6O3/c33-25-22-24(31(26(34)29-25)15-18-8-3-1-4-9-18)28-23(30(22)17-21-12-7-13-35-21)19-14-27-32(16-19)20-10-5-2-6-11-20/h1-6,8-11,14,16,21H,7,12-13,15,17H2,(H,29,33,34). The van der Waals surface area contributed by atoms with Gasteiger partial charge in [-0.05, 0) is 30.5 Å². The number of benzene rings is 2. The molecule has 1 aliphatic heterocycles. The van der Waals surface area contributed by atoms with Crippen LogP contribution in [0.3, 0.4) is 0 Å². The van der Waals surface area contributed by atoms with E-state index >= 15 is 0 Å². The third-order valence-electron chi connectivity index (χ3n) is 6.34. The van der Waals surface area contributed by atoms with E-state index in [1.54, 1.807) is 10.9 Å². The van der Waals surface area contributed by atoms with Crippen molar-refractivity contribution >= 4 is 11.2 Å². The van der Waals surface area contributed by atoms with Crippen molar-refractivity contribution in [2.45, 2.75) is 32.0 Å². The summed E-state index contributed by atoms with van der Waals surface area (Å²) in [6, 6.07) is 19.4. The number of rotatable bonds is 6. The molecule has 1 unspecified atom stereocenters. The van der Waals surface area contributed by atoms with Crippen LogP contribution in [0, 0.1) is 0 Å². The summed E-state index contributed by atoms with van der Waals surface area (Å²) in [5.41, 5.74) is 2.37. The second-order valence-corrected chi connectivity index (χ2v) is 8.69. The molecule has 0 spiro atoms. The molecule has 2 aromatic carbocycles. The fraction of sp³-hybridized carbons (Fsp3) is 0.231. The number of H-pyrrole nitrogens is 1. The number of nitrogens with zero attached hydrogens (tertiary/aromatic N) is 5. The number of aromatic nitrogens is 6. The van der Waals surface area contributed by atoms with Gasteiger partial charge in [-0.15, -0.1) is 0 Å². The van der Waals surface area contributed by atoms with Gasteiger partial charge in [0.1, 0.15) is 5.82 Å². The molecule has 9 heteroatoms. The molecule has 0 bridgehead atoms. The van der Waals surface area contributed by atoms with Crippen molar-refractivity contribution < 1.29 is 4.74 Å². The zero-order valence-electron chi connectivity index (χ0n) is 19.0. The predicted octanol–water partition coefficient (Wildman–Crippen LogP) is 2.97. The first-order chi connectivity index (χ1) is 17.2. The smallest absolute Gasteiger partial charge is 0.330 e. The van der Waals surface area contributed by atoms with Gasteiger partial charge in [-0.25, -0.2) is 14.5 Å². The highest BCUT2D eigenvalue weighted by atomic mass is 16.5. The molecule has 1 atom stereocenters. The topological polar surface area (TPSA) is 99.7 Å². The summed E-state index contributed by atoms with van der Waals surface area (Å²) in [6.45, 7) is 1.47. The Balaban J connectivity index is 1.53. The predicted molar refractivity (Wildman–Crippen MR) is 132 cm³/mol. The molecule has 0 radical (unpaired) electrons. The van der Waals surface area contributed by atoms with Crippen LogP contribution in [0.2, 0.25) is 0 Å². The number of ether oxygens (including phenoxy) is 1. The first-order valence-electron chi connectivity index (χ1n) is 11.7. The molecule has 176 valence electrons. The summed E-state index contributed by atoms with van der Waals surface area (Å²) in [7, 11) is 0. The van der Waals surface area contributed by atoms with Crippen LogP contribution in [0.25, 0.3) is 28.2 Å². The summed E-state index contributed by atoms with van der Waals surface area (Å²) < 4.78 is 11.0. The van der Waals surface area contributed by atoms with Crippen LogP contribution in [0.15, 0.2) is 82.6 Å². The fourth-order valence-electron chi connectivity index (χ4n) is 4.64. The second kappa shape index (κ2) is 8.84. The highest BCUT2D eigenvalue weighted by Crippen LogP contribution is 2.26. The Kier molecular flexibility index (Phi) is 5.38. The van der Waals surface area contributed by atoms with Crippen molar-refractivity contribution in [3.8, 4) is 17.1 Å². The molecule has 0 aliphatic carbocycles. The average Bonchev–Trinajstić information content (AvgIpc) is 3.64. The molecule has 35 heavy (non-hydrogen) atoms. The van der Waals surface area contributed by atoms with Crippen molar-refractivity contribution in [3.63, 3.8) is 0 Å². The van der Waals surface area contributed by atoms with Gasteiger partial charge in [0.25, 0.3) is 5.56 Å². The zero-order valence-corrected chi connectivity index (χ0v) is 19.0. The van der Waals surface area contributed by atoms with Crippen LogP contribution in [0.5, 0.6) is 0 Å². The van der Waals surface area contributed by atoms with Crippen molar-refractivity contribution in [3.05, 3.63) is 99.5 Å². The van der Waals surface area contributed by atoms with E-state index in [0.717, 1.165) is 29.7 Å². The Bertz CT molecular complexity index is 1590. The summed E-state index contributed by atoms with van der Waals surface area (Å²) >= 11 is 0. The van der Waals surface area contributed by atoms with Gasteiger partial charge in [-0.2, -0.15) is 5.10 Å². The lowest BCUT2D eigenvalue weighted by Gasteiger charge is -2.13. The van der Waals surface area contributed by atoms with Crippen LogP contribution in [0.4, 0.5) is 0 Å². The minimum Gasteiger partial charge on any atom is -0.376 e. The number of aromatic amines is 1. The van der Waals surface area contributed by atoms with E-state index in [1.165, 1.54) is 4.57 Å². The molecule has 1 aliphatic rings. The number of hydrogen-bond donors (Lipinski definition) is 1. The van der Waals surface area contributed by atoms with E-state index in [9.17, 15) is 9.59 Å². The molecule has 0 amide bonds. The fourth-order valence-corrected chi connectivity index (χ4v) is 4.64. The first kappa shape index (κ1) is 21.3. The number of imidazole rings is 1. The van der Waals surface area contributed by atoms with Crippen LogP contribution in [-0.2, 0) is 17.8 Å². The van der Waals surface area contributed by atoms with Crippen molar-refractivity contribution in [2.75, 3.05) is 6.61 Å². The zero-order chi connectivity index (χ0) is 23.8. The maximum atomic E-state index is 13.1. The molecular formula is C26H24N6O3. The maximum absolute atomic E-state index is 13.1. The molecular weight excluding hydrogens is 444 g/mol. The van der Waals surface area contributed by atoms with E-state index in [4.69, 9.17) is 9.72 Å². The minimum atomic E-state index is -0.486. The van der Waals surface area contributed by atoms with E-state index in [2.05, 4.69) is 10.1 Å². The molecule has 5 aromatic rings.